The molecule has 0 aliphatic heterocycles. The Balaban J connectivity index is 1.98. The van der Waals surface area contributed by atoms with Gasteiger partial charge in [0.2, 0.25) is 0 Å². The Morgan fingerprint density at radius 2 is 1.95 bits per heavy atom. The first-order valence-corrected chi connectivity index (χ1v) is 5.84. The normalized spacial score (nSPS) is 10.6. The van der Waals surface area contributed by atoms with Crippen LogP contribution in [0.4, 0.5) is 0 Å². The van der Waals surface area contributed by atoms with Gasteiger partial charge < -0.3 is 5.11 Å². The molecule has 0 aromatic heterocycles. The van der Waals surface area contributed by atoms with E-state index in [1.807, 2.05) is 31.2 Å². The summed E-state index contributed by atoms with van der Waals surface area (Å²) < 4.78 is 0. The molecule has 2 aromatic rings. The summed E-state index contributed by atoms with van der Waals surface area (Å²) >= 11 is 0. The van der Waals surface area contributed by atoms with Gasteiger partial charge in [0.05, 0.1) is 6.21 Å². The molecule has 0 heterocycles. The SMILES string of the molecule is Cc1ccc(/C=N/NC(=O)c2cccc(O)c2)cc1. The molecule has 96 valence electrons. The Kier molecular flexibility index (Phi) is 3.93. The first-order valence-electron chi connectivity index (χ1n) is 5.84. The average molecular weight is 254 g/mol. The number of phenolic OH excluding ortho intramolecular Hbond substituents is 1. The smallest absolute Gasteiger partial charge is 0.271 e. The maximum Gasteiger partial charge on any atom is 0.271 e. The molecule has 0 saturated heterocycles. The van der Waals surface area contributed by atoms with E-state index in [1.165, 1.54) is 17.7 Å². The molecule has 2 N–H and O–H groups in total. The first kappa shape index (κ1) is 12.8. The second kappa shape index (κ2) is 5.82. The highest BCUT2D eigenvalue weighted by molar-refractivity contribution is 5.95. The summed E-state index contributed by atoms with van der Waals surface area (Å²) in [5, 5.41) is 13.1. The Morgan fingerprint density at radius 3 is 2.63 bits per heavy atom. The van der Waals surface area contributed by atoms with Crippen LogP contribution in [0.15, 0.2) is 53.6 Å². The molecule has 1 amide bonds. The molecule has 0 fully saturated rings. The molecule has 4 heteroatoms. The predicted octanol–water partition coefficient (Wildman–Crippen LogP) is 2.46. The van der Waals surface area contributed by atoms with Crippen molar-refractivity contribution in [3.8, 4) is 5.75 Å². The highest BCUT2D eigenvalue weighted by Crippen LogP contribution is 2.10. The standard InChI is InChI=1S/C15H14N2O2/c1-11-5-7-12(8-6-11)10-16-17-15(19)13-3-2-4-14(18)9-13/h2-10,18H,1H3,(H,17,19)/b16-10+. The third-order valence-corrected chi connectivity index (χ3v) is 2.57. The maximum absolute atomic E-state index is 11.7. The predicted molar refractivity (Wildman–Crippen MR) is 74.3 cm³/mol. The van der Waals surface area contributed by atoms with Gasteiger partial charge in [-0.1, -0.05) is 35.9 Å². The van der Waals surface area contributed by atoms with E-state index in [-0.39, 0.29) is 11.7 Å². The molecule has 0 aliphatic carbocycles. The first-order chi connectivity index (χ1) is 9.15. The van der Waals surface area contributed by atoms with Crippen molar-refractivity contribution in [1.29, 1.82) is 0 Å². The van der Waals surface area contributed by atoms with Crippen LogP contribution >= 0.6 is 0 Å². The van der Waals surface area contributed by atoms with Crippen molar-refractivity contribution < 1.29 is 9.90 Å². The lowest BCUT2D eigenvalue weighted by molar-refractivity contribution is 0.0954. The number of aromatic hydroxyl groups is 1. The van der Waals surface area contributed by atoms with Gasteiger partial charge in [0.15, 0.2) is 0 Å². The number of hydrogen-bond acceptors (Lipinski definition) is 3. The molecule has 0 atom stereocenters. The summed E-state index contributed by atoms with van der Waals surface area (Å²) in [5.41, 5.74) is 4.84. The van der Waals surface area contributed by atoms with Gasteiger partial charge in [-0.25, -0.2) is 5.43 Å². The lowest BCUT2D eigenvalue weighted by Gasteiger charge is -2.00. The second-order valence-corrected chi connectivity index (χ2v) is 4.16. The van der Waals surface area contributed by atoms with Crippen LogP contribution in [0.5, 0.6) is 5.75 Å². The van der Waals surface area contributed by atoms with E-state index in [4.69, 9.17) is 0 Å². The van der Waals surface area contributed by atoms with Gasteiger partial charge in [-0.15, -0.1) is 0 Å². The molecule has 0 aliphatic rings. The Labute approximate surface area is 111 Å². The summed E-state index contributed by atoms with van der Waals surface area (Å²) in [4.78, 5) is 11.7. The van der Waals surface area contributed by atoms with Crippen molar-refractivity contribution >= 4 is 12.1 Å². The van der Waals surface area contributed by atoms with Crippen LogP contribution in [0.25, 0.3) is 0 Å². The third-order valence-electron chi connectivity index (χ3n) is 2.57. The van der Waals surface area contributed by atoms with Crippen LogP contribution < -0.4 is 5.43 Å². The van der Waals surface area contributed by atoms with Crippen molar-refractivity contribution in [2.75, 3.05) is 0 Å². The van der Waals surface area contributed by atoms with Crippen LogP contribution in [-0.2, 0) is 0 Å². The van der Waals surface area contributed by atoms with Crippen LogP contribution in [-0.4, -0.2) is 17.2 Å². The Bertz CT molecular complexity index is 604. The van der Waals surface area contributed by atoms with Gasteiger partial charge in [0.1, 0.15) is 5.75 Å². The van der Waals surface area contributed by atoms with E-state index in [0.717, 1.165) is 5.56 Å². The second-order valence-electron chi connectivity index (χ2n) is 4.16. The Hall–Kier alpha value is -2.62. The van der Waals surface area contributed by atoms with Crippen LogP contribution in [0, 0.1) is 6.92 Å². The van der Waals surface area contributed by atoms with Gasteiger partial charge >= 0.3 is 0 Å². The zero-order valence-electron chi connectivity index (χ0n) is 10.5. The van der Waals surface area contributed by atoms with Crippen molar-refractivity contribution in [3.05, 3.63) is 65.2 Å². The zero-order chi connectivity index (χ0) is 13.7. The van der Waals surface area contributed by atoms with Crippen LogP contribution in [0.2, 0.25) is 0 Å². The summed E-state index contributed by atoms with van der Waals surface area (Å²) in [6, 6.07) is 13.9. The number of rotatable bonds is 3. The molecule has 4 nitrogen and oxygen atoms in total. The summed E-state index contributed by atoms with van der Waals surface area (Å²) in [7, 11) is 0. The van der Waals surface area contributed by atoms with Gasteiger partial charge in [-0.3, -0.25) is 4.79 Å². The minimum absolute atomic E-state index is 0.0511. The number of nitrogens with zero attached hydrogens (tertiary/aromatic N) is 1. The fourth-order valence-corrected chi connectivity index (χ4v) is 1.53. The van der Waals surface area contributed by atoms with Crippen molar-refractivity contribution in [1.82, 2.24) is 5.43 Å². The van der Waals surface area contributed by atoms with Crippen LogP contribution in [0.3, 0.4) is 0 Å². The Morgan fingerprint density at radius 1 is 1.21 bits per heavy atom. The highest BCUT2D eigenvalue weighted by Gasteiger charge is 2.03. The summed E-state index contributed by atoms with van der Waals surface area (Å²) in [6.07, 6.45) is 1.57. The van der Waals surface area contributed by atoms with E-state index in [9.17, 15) is 9.90 Å². The fourth-order valence-electron chi connectivity index (χ4n) is 1.53. The molecular weight excluding hydrogens is 240 g/mol. The third kappa shape index (κ3) is 3.67. The maximum atomic E-state index is 11.7. The molecule has 0 radical (unpaired) electrons. The molecule has 19 heavy (non-hydrogen) atoms. The fraction of sp³-hybridized carbons (Fsp3) is 0.0667. The molecule has 2 rings (SSSR count). The molecule has 0 spiro atoms. The quantitative estimate of drug-likeness (QED) is 0.653. The van der Waals surface area contributed by atoms with Crippen molar-refractivity contribution in [2.45, 2.75) is 6.92 Å². The largest absolute Gasteiger partial charge is 0.508 e. The number of phenols is 1. The monoisotopic (exact) mass is 254 g/mol. The lowest BCUT2D eigenvalue weighted by Crippen LogP contribution is -2.17. The average Bonchev–Trinajstić information content (AvgIpc) is 2.41. The number of hydrogen-bond donors (Lipinski definition) is 2. The number of carbonyl (C=O) groups is 1. The van der Waals surface area contributed by atoms with E-state index >= 15 is 0 Å². The number of carbonyl (C=O) groups excluding carboxylic acids is 1. The van der Waals surface area contributed by atoms with E-state index in [1.54, 1.807) is 18.3 Å². The number of aryl methyl sites for hydroxylation is 1. The zero-order valence-corrected chi connectivity index (χ0v) is 10.5. The van der Waals surface area contributed by atoms with Gasteiger partial charge in [0.25, 0.3) is 5.91 Å². The number of benzene rings is 2. The van der Waals surface area contributed by atoms with Crippen LogP contribution in [0.1, 0.15) is 21.5 Å². The molecule has 0 bridgehead atoms. The van der Waals surface area contributed by atoms with Crippen molar-refractivity contribution in [3.63, 3.8) is 0 Å². The minimum atomic E-state index is -0.362. The minimum Gasteiger partial charge on any atom is -0.508 e. The molecular formula is C15H14N2O2. The lowest BCUT2D eigenvalue weighted by atomic mass is 10.2. The summed E-state index contributed by atoms with van der Waals surface area (Å²) in [6.45, 7) is 2.00. The van der Waals surface area contributed by atoms with E-state index < -0.39 is 0 Å². The molecule has 0 unspecified atom stereocenters. The van der Waals surface area contributed by atoms with Crippen molar-refractivity contribution in [2.24, 2.45) is 5.10 Å². The van der Waals surface area contributed by atoms with E-state index in [2.05, 4.69) is 10.5 Å². The summed E-state index contributed by atoms with van der Waals surface area (Å²) in [5.74, 6) is -0.311. The number of hydrazone groups is 1. The number of amides is 1. The van der Waals surface area contributed by atoms with E-state index in [0.29, 0.717) is 5.56 Å². The van der Waals surface area contributed by atoms with Gasteiger partial charge in [-0.05, 0) is 30.7 Å². The highest BCUT2D eigenvalue weighted by atomic mass is 16.3. The van der Waals surface area contributed by atoms with Gasteiger partial charge in [0, 0.05) is 5.56 Å². The molecule has 0 saturated carbocycles. The van der Waals surface area contributed by atoms with Gasteiger partial charge in [-0.2, -0.15) is 5.10 Å². The topological polar surface area (TPSA) is 61.7 Å². The number of nitrogens with one attached hydrogen (secondary N) is 1. The molecule has 2 aromatic carbocycles.